The highest BCUT2D eigenvalue weighted by molar-refractivity contribution is 8.00. The first-order valence-electron chi connectivity index (χ1n) is 5.62. The van der Waals surface area contributed by atoms with Gasteiger partial charge in [0.15, 0.2) is 0 Å². The molecule has 90 valence electrons. The molecule has 2 aliphatic carbocycles. The molecule has 2 aliphatic rings. The number of carboxylic acid groups (broad SMARTS) is 1. The highest BCUT2D eigenvalue weighted by Gasteiger charge is 2.57. The monoisotopic (exact) mass is 243 g/mol. The van der Waals surface area contributed by atoms with Crippen molar-refractivity contribution < 1.29 is 14.7 Å². The molecule has 0 atom stereocenters. The fourth-order valence-corrected chi connectivity index (χ4v) is 3.01. The average molecular weight is 243 g/mol. The van der Waals surface area contributed by atoms with Crippen LogP contribution in [0.1, 0.15) is 32.1 Å². The molecular formula is C11H17NO3S. The number of aliphatic carboxylic acids is 1. The van der Waals surface area contributed by atoms with E-state index in [1.54, 1.807) is 11.8 Å². The molecule has 0 radical (unpaired) electrons. The number of thioether (sulfide) groups is 1. The Bertz CT molecular complexity index is 316. The van der Waals surface area contributed by atoms with Gasteiger partial charge in [-0.25, -0.2) is 0 Å². The normalized spacial score (nSPS) is 24.3. The van der Waals surface area contributed by atoms with Crippen molar-refractivity contribution in [2.45, 2.75) is 36.9 Å². The second kappa shape index (κ2) is 3.95. The Morgan fingerprint density at radius 3 is 2.25 bits per heavy atom. The number of hydrogen-bond donors (Lipinski definition) is 2. The fourth-order valence-electron chi connectivity index (χ4n) is 2.10. The van der Waals surface area contributed by atoms with Gasteiger partial charge in [0.25, 0.3) is 0 Å². The molecule has 16 heavy (non-hydrogen) atoms. The summed E-state index contributed by atoms with van der Waals surface area (Å²) in [6, 6.07) is 0. The first kappa shape index (κ1) is 11.8. The Kier molecular flexibility index (Phi) is 2.90. The lowest BCUT2D eigenvalue weighted by molar-refractivity contribution is -0.149. The first-order valence-corrected chi connectivity index (χ1v) is 6.84. The third-order valence-electron chi connectivity index (χ3n) is 3.86. The summed E-state index contributed by atoms with van der Waals surface area (Å²) in [5.74, 6) is -1.27. The van der Waals surface area contributed by atoms with E-state index in [0.717, 1.165) is 12.8 Å². The number of hydrogen-bond acceptors (Lipinski definition) is 3. The van der Waals surface area contributed by atoms with E-state index in [4.69, 9.17) is 5.11 Å². The summed E-state index contributed by atoms with van der Waals surface area (Å²) < 4.78 is 0.171. The molecule has 0 unspecified atom stereocenters. The second-order valence-corrected chi connectivity index (χ2v) is 6.08. The van der Waals surface area contributed by atoms with Crippen LogP contribution in [0, 0.1) is 5.41 Å². The van der Waals surface area contributed by atoms with Crippen LogP contribution in [0.2, 0.25) is 0 Å². The molecule has 5 heteroatoms. The van der Waals surface area contributed by atoms with E-state index in [2.05, 4.69) is 11.6 Å². The predicted molar refractivity (Wildman–Crippen MR) is 62.4 cm³/mol. The minimum absolute atomic E-state index is 0.171. The van der Waals surface area contributed by atoms with Crippen LogP contribution in [-0.4, -0.2) is 34.5 Å². The summed E-state index contributed by atoms with van der Waals surface area (Å²) >= 11 is 1.78. The molecular weight excluding hydrogens is 226 g/mol. The van der Waals surface area contributed by atoms with Gasteiger partial charge in [0.05, 0.1) is 0 Å². The lowest BCUT2D eigenvalue weighted by atomic mass is 9.84. The van der Waals surface area contributed by atoms with Crippen molar-refractivity contribution >= 4 is 23.6 Å². The average Bonchev–Trinajstić information content (AvgIpc) is 2.97. The number of amides is 1. The zero-order chi connectivity index (χ0) is 11.8. The van der Waals surface area contributed by atoms with Gasteiger partial charge < -0.3 is 10.4 Å². The Hall–Kier alpha value is -0.710. The number of carboxylic acids is 1. The van der Waals surface area contributed by atoms with Crippen molar-refractivity contribution in [3.8, 4) is 0 Å². The highest BCUT2D eigenvalue weighted by atomic mass is 32.2. The maximum Gasteiger partial charge on any atom is 0.319 e. The van der Waals surface area contributed by atoms with Crippen molar-refractivity contribution in [1.29, 1.82) is 0 Å². The number of rotatable bonds is 5. The van der Waals surface area contributed by atoms with Crippen molar-refractivity contribution in [1.82, 2.24) is 5.32 Å². The van der Waals surface area contributed by atoms with E-state index in [1.807, 2.05) is 0 Å². The van der Waals surface area contributed by atoms with Crippen LogP contribution in [0.3, 0.4) is 0 Å². The van der Waals surface area contributed by atoms with Gasteiger partial charge >= 0.3 is 5.97 Å². The van der Waals surface area contributed by atoms with Crippen LogP contribution in [0.25, 0.3) is 0 Å². The summed E-state index contributed by atoms with van der Waals surface area (Å²) in [4.78, 5) is 22.7. The van der Waals surface area contributed by atoms with Crippen molar-refractivity contribution in [2.75, 3.05) is 12.8 Å². The third kappa shape index (κ3) is 1.81. The van der Waals surface area contributed by atoms with Crippen molar-refractivity contribution in [3.05, 3.63) is 0 Å². The van der Waals surface area contributed by atoms with Crippen LogP contribution in [0.5, 0.6) is 0 Å². The second-order valence-electron chi connectivity index (χ2n) is 4.81. The maximum atomic E-state index is 11.8. The Morgan fingerprint density at radius 2 is 1.94 bits per heavy atom. The zero-order valence-electron chi connectivity index (χ0n) is 9.41. The lowest BCUT2D eigenvalue weighted by Crippen LogP contribution is -2.48. The summed E-state index contributed by atoms with van der Waals surface area (Å²) in [7, 11) is 0. The molecule has 0 aromatic carbocycles. The molecule has 2 rings (SSSR count). The van der Waals surface area contributed by atoms with Gasteiger partial charge in [-0.3, -0.25) is 9.59 Å². The van der Waals surface area contributed by atoms with Gasteiger partial charge in [0.2, 0.25) is 5.91 Å². The van der Waals surface area contributed by atoms with Gasteiger partial charge in [0.1, 0.15) is 5.41 Å². The lowest BCUT2D eigenvalue weighted by Gasteiger charge is -2.40. The predicted octanol–water partition coefficient (Wildman–Crippen LogP) is 1.25. The Morgan fingerprint density at radius 1 is 1.31 bits per heavy atom. The van der Waals surface area contributed by atoms with E-state index >= 15 is 0 Å². The summed E-state index contributed by atoms with van der Waals surface area (Å²) in [5.41, 5.74) is -1.09. The molecule has 2 saturated carbocycles. The molecule has 4 nitrogen and oxygen atoms in total. The fraction of sp³-hybridized carbons (Fsp3) is 0.818. The molecule has 0 bridgehead atoms. The van der Waals surface area contributed by atoms with Gasteiger partial charge in [-0.15, -0.1) is 0 Å². The van der Waals surface area contributed by atoms with Gasteiger partial charge in [-0.1, -0.05) is 6.42 Å². The minimum Gasteiger partial charge on any atom is -0.480 e. The number of carbonyl (C=O) groups excluding carboxylic acids is 1. The number of nitrogens with one attached hydrogen (secondary N) is 1. The zero-order valence-corrected chi connectivity index (χ0v) is 10.2. The summed E-state index contributed by atoms with van der Waals surface area (Å²) in [6.45, 7) is 0.613. The van der Waals surface area contributed by atoms with E-state index < -0.39 is 11.4 Å². The van der Waals surface area contributed by atoms with Crippen LogP contribution < -0.4 is 5.32 Å². The quantitative estimate of drug-likeness (QED) is 0.713. The van der Waals surface area contributed by atoms with Crippen LogP contribution in [0.4, 0.5) is 0 Å². The maximum absolute atomic E-state index is 11.8. The summed E-state index contributed by atoms with van der Waals surface area (Å²) in [5, 5.41) is 11.8. The summed E-state index contributed by atoms with van der Waals surface area (Å²) in [6.07, 6.45) is 6.47. The number of carbonyl (C=O) groups is 2. The SMILES string of the molecule is CSC1(CNC(=O)C2(C(=O)O)CC2)CCC1. The van der Waals surface area contributed by atoms with Crippen LogP contribution >= 0.6 is 11.8 Å². The standard InChI is InChI=1S/C11H17NO3S/c1-16-10(3-2-4-10)7-12-8(13)11(5-6-11)9(14)15/h2-7H2,1H3,(H,12,13)(H,14,15). The Labute approximate surface area is 99.2 Å². The molecule has 0 heterocycles. The smallest absolute Gasteiger partial charge is 0.319 e. The van der Waals surface area contributed by atoms with Gasteiger partial charge in [0, 0.05) is 11.3 Å². The first-order chi connectivity index (χ1) is 7.55. The van der Waals surface area contributed by atoms with Crippen LogP contribution in [0.15, 0.2) is 0 Å². The minimum atomic E-state index is -1.09. The molecule has 0 aliphatic heterocycles. The van der Waals surface area contributed by atoms with Gasteiger partial charge in [-0.2, -0.15) is 11.8 Å². The molecule has 2 N–H and O–H groups in total. The van der Waals surface area contributed by atoms with E-state index in [0.29, 0.717) is 19.4 Å². The molecule has 1 amide bonds. The van der Waals surface area contributed by atoms with Gasteiger partial charge in [-0.05, 0) is 31.9 Å². The Balaban J connectivity index is 1.87. The molecule has 0 saturated heterocycles. The van der Waals surface area contributed by atoms with Crippen molar-refractivity contribution in [2.24, 2.45) is 5.41 Å². The highest BCUT2D eigenvalue weighted by Crippen LogP contribution is 2.47. The van der Waals surface area contributed by atoms with Crippen LogP contribution in [-0.2, 0) is 9.59 Å². The molecule has 2 fully saturated rings. The van der Waals surface area contributed by atoms with E-state index in [-0.39, 0.29) is 10.7 Å². The molecule has 0 spiro atoms. The van der Waals surface area contributed by atoms with Crippen molar-refractivity contribution in [3.63, 3.8) is 0 Å². The molecule has 0 aromatic heterocycles. The third-order valence-corrected chi connectivity index (χ3v) is 5.28. The van der Waals surface area contributed by atoms with E-state index in [1.165, 1.54) is 6.42 Å². The topological polar surface area (TPSA) is 66.4 Å². The largest absolute Gasteiger partial charge is 0.480 e. The molecule has 0 aromatic rings. The van der Waals surface area contributed by atoms with E-state index in [9.17, 15) is 9.59 Å².